The first kappa shape index (κ1) is 17.3. The predicted molar refractivity (Wildman–Crippen MR) is 128 cm³/mol. The van der Waals surface area contributed by atoms with Gasteiger partial charge in [0.15, 0.2) is 0 Å². The third-order valence-electron chi connectivity index (χ3n) is 6.31. The summed E-state index contributed by atoms with van der Waals surface area (Å²) < 4.78 is 1.30. The first-order chi connectivity index (χ1) is 14.7. The smallest absolute Gasteiger partial charge is 0.0714 e. The maximum absolute atomic E-state index is 6.06. The van der Waals surface area contributed by atoms with Gasteiger partial charge in [0.25, 0.3) is 0 Å². The minimum absolute atomic E-state index is 0.411. The van der Waals surface area contributed by atoms with Crippen LogP contribution in [0.25, 0.3) is 21.2 Å². The Bertz CT molecular complexity index is 1350. The lowest BCUT2D eigenvalue weighted by atomic mass is 9.67. The molecule has 0 aliphatic heterocycles. The molecule has 30 heavy (non-hydrogen) atoms. The van der Waals surface area contributed by atoms with Crippen LogP contribution in [0.5, 0.6) is 0 Å². The molecule has 5 aromatic rings. The molecule has 0 spiro atoms. The van der Waals surface area contributed by atoms with Crippen LogP contribution in [0.3, 0.4) is 0 Å². The second-order valence-electron chi connectivity index (χ2n) is 7.90. The highest BCUT2D eigenvalue weighted by atomic mass is 32.1. The van der Waals surface area contributed by atoms with Crippen LogP contribution in [-0.4, -0.2) is 0 Å². The third kappa shape index (κ3) is 2.24. The van der Waals surface area contributed by atoms with Gasteiger partial charge in [-0.2, -0.15) is 0 Å². The molecular weight excluding hydrogens is 384 g/mol. The fourth-order valence-corrected chi connectivity index (χ4v) is 5.80. The minimum Gasteiger partial charge on any atom is -0.399 e. The molecule has 0 atom stereocenters. The van der Waals surface area contributed by atoms with Crippen molar-refractivity contribution in [3.05, 3.63) is 119 Å². The molecule has 0 saturated heterocycles. The Labute approximate surface area is 179 Å². The highest BCUT2D eigenvalue weighted by Crippen LogP contribution is 2.57. The second-order valence-corrected chi connectivity index (χ2v) is 8.84. The predicted octanol–water partition coefficient (Wildman–Crippen LogP) is 6.43. The van der Waals surface area contributed by atoms with Crippen molar-refractivity contribution in [3.63, 3.8) is 0 Å². The fraction of sp³-hybridized carbons (Fsp3) is 0.0370. The molecule has 1 aliphatic carbocycles. The molecule has 0 fully saturated rings. The normalized spacial score (nSPS) is 13.9. The van der Waals surface area contributed by atoms with Crippen LogP contribution in [0.1, 0.15) is 22.3 Å². The Balaban J connectivity index is 1.80. The van der Waals surface area contributed by atoms with Crippen LogP contribution in [0.4, 0.5) is 11.4 Å². The minimum atomic E-state index is -0.411. The van der Waals surface area contributed by atoms with Crippen molar-refractivity contribution >= 4 is 32.8 Å². The molecule has 1 aliphatic rings. The van der Waals surface area contributed by atoms with Crippen LogP contribution in [-0.2, 0) is 5.41 Å². The van der Waals surface area contributed by atoms with Crippen molar-refractivity contribution in [3.8, 4) is 11.1 Å². The van der Waals surface area contributed by atoms with E-state index in [4.69, 9.17) is 11.5 Å². The first-order valence-corrected chi connectivity index (χ1v) is 10.9. The summed E-state index contributed by atoms with van der Waals surface area (Å²) in [6.07, 6.45) is 0. The summed E-state index contributed by atoms with van der Waals surface area (Å²) in [6.45, 7) is 0. The van der Waals surface area contributed by atoms with Gasteiger partial charge >= 0.3 is 0 Å². The van der Waals surface area contributed by atoms with Gasteiger partial charge in [-0.3, -0.25) is 0 Å². The molecule has 0 amide bonds. The monoisotopic (exact) mass is 404 g/mol. The highest BCUT2D eigenvalue weighted by Gasteiger charge is 2.46. The molecule has 0 saturated carbocycles. The number of nitrogen functional groups attached to an aromatic ring is 2. The standard InChI is InChI=1S/C27H20N2S/c28-20-9-5-18(6-10-20)27(19-7-11-21(29)12-8-19)24-4-2-1-3-22(24)23-15-17-13-14-30-26(17)16-25(23)27/h1-16H,28-29H2. The number of fused-ring (bicyclic) bond motifs is 4. The molecule has 0 bridgehead atoms. The summed E-state index contributed by atoms with van der Waals surface area (Å²) in [5.41, 5.74) is 20.9. The average molecular weight is 405 g/mol. The summed E-state index contributed by atoms with van der Waals surface area (Å²) >= 11 is 1.79. The molecule has 2 nitrogen and oxygen atoms in total. The van der Waals surface area contributed by atoms with Gasteiger partial charge in [-0.15, -0.1) is 11.3 Å². The van der Waals surface area contributed by atoms with Gasteiger partial charge in [-0.1, -0.05) is 48.5 Å². The maximum atomic E-state index is 6.06. The first-order valence-electron chi connectivity index (χ1n) is 10.0. The summed E-state index contributed by atoms with van der Waals surface area (Å²) in [5.74, 6) is 0. The van der Waals surface area contributed by atoms with E-state index in [2.05, 4.69) is 72.1 Å². The molecule has 1 heterocycles. The lowest BCUT2D eigenvalue weighted by molar-refractivity contribution is 0.770. The average Bonchev–Trinajstić information content (AvgIpc) is 3.34. The van der Waals surface area contributed by atoms with Crippen LogP contribution in [0.15, 0.2) is 96.4 Å². The van der Waals surface area contributed by atoms with Gasteiger partial charge in [-0.25, -0.2) is 0 Å². The zero-order valence-corrected chi connectivity index (χ0v) is 17.1. The van der Waals surface area contributed by atoms with E-state index in [0.717, 1.165) is 11.4 Å². The Kier molecular flexibility index (Phi) is 3.59. The Morgan fingerprint density at radius 2 is 1.23 bits per heavy atom. The number of anilines is 2. The Morgan fingerprint density at radius 1 is 0.600 bits per heavy atom. The van der Waals surface area contributed by atoms with E-state index >= 15 is 0 Å². The quantitative estimate of drug-likeness (QED) is 0.327. The van der Waals surface area contributed by atoms with Gasteiger partial charge in [0.1, 0.15) is 0 Å². The van der Waals surface area contributed by atoms with E-state index in [9.17, 15) is 0 Å². The van der Waals surface area contributed by atoms with Gasteiger partial charge in [0.2, 0.25) is 0 Å². The molecule has 4 aromatic carbocycles. The van der Waals surface area contributed by atoms with Crippen LogP contribution in [0, 0.1) is 0 Å². The molecule has 6 rings (SSSR count). The van der Waals surface area contributed by atoms with Crippen molar-refractivity contribution in [2.75, 3.05) is 11.5 Å². The van der Waals surface area contributed by atoms with Crippen molar-refractivity contribution in [2.45, 2.75) is 5.41 Å². The van der Waals surface area contributed by atoms with Crippen molar-refractivity contribution < 1.29 is 0 Å². The van der Waals surface area contributed by atoms with Gasteiger partial charge < -0.3 is 11.5 Å². The number of thiophene rings is 1. The van der Waals surface area contributed by atoms with Gasteiger partial charge in [0, 0.05) is 16.1 Å². The third-order valence-corrected chi connectivity index (χ3v) is 7.18. The topological polar surface area (TPSA) is 52.0 Å². The van der Waals surface area contributed by atoms with Crippen LogP contribution >= 0.6 is 11.3 Å². The Hall–Kier alpha value is -3.56. The molecule has 0 radical (unpaired) electrons. The van der Waals surface area contributed by atoms with Crippen molar-refractivity contribution in [1.29, 1.82) is 0 Å². The molecule has 1 aromatic heterocycles. The fourth-order valence-electron chi connectivity index (χ4n) is 4.99. The second kappa shape index (κ2) is 6.22. The molecular formula is C27H20N2S. The largest absolute Gasteiger partial charge is 0.399 e. The number of hydrogen-bond acceptors (Lipinski definition) is 3. The molecule has 144 valence electrons. The Morgan fingerprint density at radius 3 is 1.90 bits per heavy atom. The lowest BCUT2D eigenvalue weighted by Crippen LogP contribution is -2.28. The SMILES string of the molecule is Nc1ccc(C2(c3ccc(N)cc3)c3ccccc3-c3cc4ccsc4cc32)cc1. The molecule has 3 heteroatoms. The van der Waals surface area contributed by atoms with Gasteiger partial charge in [-0.05, 0) is 86.6 Å². The molecule has 0 unspecified atom stereocenters. The van der Waals surface area contributed by atoms with E-state index in [1.807, 2.05) is 24.3 Å². The van der Waals surface area contributed by atoms with Gasteiger partial charge in [0.05, 0.1) is 5.41 Å². The zero-order chi connectivity index (χ0) is 20.3. The summed E-state index contributed by atoms with van der Waals surface area (Å²) in [4.78, 5) is 0. The van der Waals surface area contributed by atoms with E-state index in [-0.39, 0.29) is 0 Å². The van der Waals surface area contributed by atoms with E-state index < -0.39 is 5.41 Å². The maximum Gasteiger partial charge on any atom is 0.0714 e. The van der Waals surface area contributed by atoms with Crippen molar-refractivity contribution in [2.24, 2.45) is 0 Å². The number of benzene rings is 4. The summed E-state index contributed by atoms with van der Waals surface area (Å²) in [6, 6.07) is 32.3. The van der Waals surface area contributed by atoms with Crippen LogP contribution in [0.2, 0.25) is 0 Å². The summed E-state index contributed by atoms with van der Waals surface area (Å²) in [7, 11) is 0. The number of nitrogens with two attached hydrogens (primary N) is 2. The van der Waals surface area contributed by atoms with E-state index in [1.165, 1.54) is 43.5 Å². The van der Waals surface area contributed by atoms with E-state index in [0.29, 0.717) is 0 Å². The number of rotatable bonds is 2. The van der Waals surface area contributed by atoms with Crippen molar-refractivity contribution in [1.82, 2.24) is 0 Å². The summed E-state index contributed by atoms with van der Waals surface area (Å²) in [5, 5.41) is 3.46. The lowest BCUT2D eigenvalue weighted by Gasteiger charge is -2.34. The van der Waals surface area contributed by atoms with E-state index in [1.54, 1.807) is 11.3 Å². The van der Waals surface area contributed by atoms with Crippen LogP contribution < -0.4 is 11.5 Å². The highest BCUT2D eigenvalue weighted by molar-refractivity contribution is 7.17. The number of hydrogen-bond donors (Lipinski definition) is 2. The zero-order valence-electron chi connectivity index (χ0n) is 16.3. The molecule has 4 N–H and O–H groups in total.